The largest absolute Gasteiger partial charge is 0.481 e. The van der Waals surface area contributed by atoms with Crippen LogP contribution in [-0.2, 0) is 27.8 Å². The molecule has 0 saturated heterocycles. The van der Waals surface area contributed by atoms with E-state index in [1.54, 1.807) is 28.8 Å². The number of ether oxygens (including phenoxy) is 1. The second-order valence-corrected chi connectivity index (χ2v) is 12.5. The highest BCUT2D eigenvalue weighted by molar-refractivity contribution is 7.99. The molecular weight excluding hydrogens is 564 g/mol. The zero-order chi connectivity index (χ0) is 26.5. The van der Waals surface area contributed by atoms with E-state index >= 15 is 4.39 Å². The van der Waals surface area contributed by atoms with Gasteiger partial charge in [-0.1, -0.05) is 41.0 Å². The van der Waals surface area contributed by atoms with E-state index < -0.39 is 21.9 Å². The Balaban J connectivity index is 1.42. The fraction of sp³-hybridized carbons (Fsp3) is 0.348. The maximum atomic E-state index is 15.2. The smallest absolute Gasteiger partial charge is 0.261 e. The van der Waals surface area contributed by atoms with Gasteiger partial charge in [-0.2, -0.15) is 0 Å². The van der Waals surface area contributed by atoms with Crippen LogP contribution in [0.3, 0.4) is 0 Å². The number of benzene rings is 1. The first-order chi connectivity index (χ1) is 17.5. The molecule has 1 amide bonds. The summed E-state index contributed by atoms with van der Waals surface area (Å²) >= 11 is 13.8. The first-order valence-corrected chi connectivity index (χ1v) is 14.8. The fourth-order valence-corrected chi connectivity index (χ4v) is 6.21. The molecular formula is C23H22Cl2FN5O4S2. The number of thioether (sulfide) groups is 1. The minimum Gasteiger partial charge on any atom is -0.481 e. The minimum atomic E-state index is -3.53. The second kappa shape index (κ2) is 9.97. The van der Waals surface area contributed by atoms with E-state index in [0.717, 1.165) is 39.4 Å². The average molecular weight is 586 g/mol. The Hall–Kier alpha value is -2.54. The molecule has 2 aliphatic rings. The molecule has 0 bridgehead atoms. The SMILES string of the molecule is CN(c1ccc(OCC(=O)N2CCc3nc4n(c3C2c2ccc(Cl)cc2F)CCS4)c(Cl)n1)S(C)(=O)=O. The molecule has 2 aliphatic heterocycles. The van der Waals surface area contributed by atoms with Crippen LogP contribution in [-0.4, -0.2) is 66.0 Å². The van der Waals surface area contributed by atoms with E-state index in [1.807, 2.05) is 0 Å². The molecule has 1 atom stereocenters. The molecule has 0 saturated carbocycles. The molecule has 0 spiro atoms. The summed E-state index contributed by atoms with van der Waals surface area (Å²) in [6.45, 7) is 0.675. The van der Waals surface area contributed by atoms with Gasteiger partial charge in [-0.15, -0.1) is 0 Å². The number of sulfonamides is 1. The van der Waals surface area contributed by atoms with Gasteiger partial charge in [0.1, 0.15) is 17.7 Å². The summed E-state index contributed by atoms with van der Waals surface area (Å²) in [4.78, 5) is 23.8. The molecule has 1 aromatic carbocycles. The average Bonchev–Trinajstić information content (AvgIpc) is 3.43. The number of imidazole rings is 1. The number of pyridine rings is 1. The highest BCUT2D eigenvalue weighted by Gasteiger charge is 2.39. The van der Waals surface area contributed by atoms with Gasteiger partial charge in [0, 0.05) is 42.9 Å². The van der Waals surface area contributed by atoms with Crippen molar-refractivity contribution in [3.63, 3.8) is 0 Å². The normalized spacial score (nSPS) is 16.9. The van der Waals surface area contributed by atoms with Crippen LogP contribution in [0.15, 0.2) is 35.5 Å². The molecule has 14 heteroatoms. The second-order valence-electron chi connectivity index (χ2n) is 8.61. The topological polar surface area (TPSA) is 97.6 Å². The number of anilines is 1. The van der Waals surface area contributed by atoms with Crippen LogP contribution in [0.5, 0.6) is 5.75 Å². The third-order valence-corrected chi connectivity index (χ3v) is 8.95. The number of halogens is 3. The standard InChI is InChI=1S/C23H22Cl2FN5O4S2/c1-29(37(2,33)34)18-6-5-17(22(25)28-18)35-12-19(32)30-8-7-16-21(31-9-10-36-23(31)27-16)20(30)14-4-3-13(24)11-15(14)26/h3-6,11,20H,7-10,12H2,1-2H3. The molecule has 5 rings (SSSR count). The van der Waals surface area contributed by atoms with Gasteiger partial charge in [-0.05, 0) is 24.3 Å². The van der Waals surface area contributed by atoms with Gasteiger partial charge >= 0.3 is 0 Å². The molecule has 9 nitrogen and oxygen atoms in total. The van der Waals surface area contributed by atoms with E-state index in [-0.39, 0.29) is 34.3 Å². The monoisotopic (exact) mass is 585 g/mol. The van der Waals surface area contributed by atoms with Crippen molar-refractivity contribution in [2.75, 3.05) is 36.5 Å². The van der Waals surface area contributed by atoms with Gasteiger partial charge in [0.05, 0.1) is 17.6 Å². The van der Waals surface area contributed by atoms with E-state index in [9.17, 15) is 13.2 Å². The van der Waals surface area contributed by atoms with Crippen molar-refractivity contribution in [2.24, 2.45) is 0 Å². The summed E-state index contributed by atoms with van der Waals surface area (Å²) in [6, 6.07) is 6.62. The number of carbonyl (C=O) groups excluding carboxylic acids is 1. The third kappa shape index (κ3) is 4.99. The van der Waals surface area contributed by atoms with Gasteiger partial charge in [-0.25, -0.2) is 22.8 Å². The molecule has 196 valence electrons. The lowest BCUT2D eigenvalue weighted by Gasteiger charge is -2.36. The first kappa shape index (κ1) is 26.1. The molecule has 0 radical (unpaired) electrons. The Labute approximate surface area is 227 Å². The van der Waals surface area contributed by atoms with Gasteiger partial charge < -0.3 is 14.2 Å². The molecule has 4 heterocycles. The summed E-state index contributed by atoms with van der Waals surface area (Å²) in [5, 5.41) is 1.04. The van der Waals surface area contributed by atoms with Gasteiger partial charge in [0.2, 0.25) is 10.0 Å². The Morgan fingerprint density at radius 2 is 2.03 bits per heavy atom. The lowest BCUT2D eigenvalue weighted by Crippen LogP contribution is -2.44. The number of aromatic nitrogens is 3. The number of rotatable bonds is 6. The van der Waals surface area contributed by atoms with Crippen molar-refractivity contribution >= 4 is 56.7 Å². The van der Waals surface area contributed by atoms with Crippen molar-refractivity contribution in [2.45, 2.75) is 24.2 Å². The maximum absolute atomic E-state index is 15.2. The van der Waals surface area contributed by atoms with Crippen molar-refractivity contribution in [1.29, 1.82) is 0 Å². The number of amides is 1. The van der Waals surface area contributed by atoms with E-state index in [0.29, 0.717) is 18.5 Å². The molecule has 2 aromatic heterocycles. The Kier molecular flexibility index (Phi) is 7.03. The van der Waals surface area contributed by atoms with Crippen LogP contribution < -0.4 is 9.04 Å². The molecule has 1 unspecified atom stereocenters. The van der Waals surface area contributed by atoms with E-state index in [2.05, 4.69) is 9.55 Å². The van der Waals surface area contributed by atoms with E-state index in [1.165, 1.54) is 25.2 Å². The van der Waals surface area contributed by atoms with Crippen LogP contribution in [0.2, 0.25) is 10.2 Å². The Bertz CT molecular complexity index is 1500. The lowest BCUT2D eigenvalue weighted by atomic mass is 9.94. The summed E-state index contributed by atoms with van der Waals surface area (Å²) in [6.07, 6.45) is 1.58. The number of hydrogen-bond donors (Lipinski definition) is 0. The summed E-state index contributed by atoms with van der Waals surface area (Å²) < 4.78 is 47.4. The number of nitrogens with zero attached hydrogens (tertiary/aromatic N) is 5. The highest BCUT2D eigenvalue weighted by atomic mass is 35.5. The van der Waals surface area contributed by atoms with Gasteiger partial charge in [0.15, 0.2) is 22.7 Å². The number of hydrogen-bond acceptors (Lipinski definition) is 7. The van der Waals surface area contributed by atoms with Gasteiger partial charge in [0.25, 0.3) is 5.91 Å². The lowest BCUT2D eigenvalue weighted by molar-refractivity contribution is -0.135. The number of fused-ring (bicyclic) bond motifs is 3. The van der Waals surface area contributed by atoms with Gasteiger partial charge in [-0.3, -0.25) is 9.10 Å². The predicted octanol–water partition coefficient (Wildman–Crippen LogP) is 3.78. The third-order valence-electron chi connectivity index (χ3n) is 6.30. The van der Waals surface area contributed by atoms with Crippen LogP contribution in [0.25, 0.3) is 0 Å². The molecule has 3 aromatic rings. The summed E-state index contributed by atoms with van der Waals surface area (Å²) in [7, 11) is -2.17. The number of carbonyl (C=O) groups is 1. The van der Waals surface area contributed by atoms with Crippen molar-refractivity contribution < 1.29 is 22.3 Å². The molecule has 37 heavy (non-hydrogen) atoms. The van der Waals surface area contributed by atoms with Crippen molar-refractivity contribution in [3.8, 4) is 5.75 Å². The Morgan fingerprint density at radius 1 is 1.24 bits per heavy atom. The van der Waals surface area contributed by atoms with E-state index in [4.69, 9.17) is 32.9 Å². The predicted molar refractivity (Wildman–Crippen MR) is 140 cm³/mol. The van der Waals surface area contributed by atoms with Crippen LogP contribution >= 0.6 is 35.0 Å². The van der Waals surface area contributed by atoms with Crippen LogP contribution in [0.1, 0.15) is 23.0 Å². The summed E-state index contributed by atoms with van der Waals surface area (Å²) in [5.41, 5.74) is 1.98. The quantitative estimate of drug-likeness (QED) is 0.406. The van der Waals surface area contributed by atoms with Crippen molar-refractivity contribution in [3.05, 3.63) is 63.3 Å². The zero-order valence-corrected chi connectivity index (χ0v) is 23.0. The zero-order valence-electron chi connectivity index (χ0n) is 19.8. The first-order valence-electron chi connectivity index (χ1n) is 11.2. The molecule has 0 N–H and O–H groups in total. The Morgan fingerprint density at radius 3 is 2.73 bits per heavy atom. The maximum Gasteiger partial charge on any atom is 0.261 e. The van der Waals surface area contributed by atoms with Crippen LogP contribution in [0.4, 0.5) is 10.2 Å². The van der Waals surface area contributed by atoms with Crippen molar-refractivity contribution in [1.82, 2.24) is 19.4 Å². The van der Waals surface area contributed by atoms with Crippen LogP contribution in [0, 0.1) is 5.82 Å². The summed E-state index contributed by atoms with van der Waals surface area (Å²) in [5.74, 6) is 0.204. The fourth-order valence-electron chi connectivity index (χ4n) is 4.43. The highest BCUT2D eigenvalue weighted by Crippen LogP contribution is 2.41. The molecule has 0 aliphatic carbocycles. The molecule has 0 fully saturated rings. The minimum absolute atomic E-state index is 0.0901.